The summed E-state index contributed by atoms with van der Waals surface area (Å²) < 4.78 is 5.73. The lowest BCUT2D eigenvalue weighted by Gasteiger charge is -2.41. The van der Waals surface area contributed by atoms with E-state index < -0.39 is 0 Å². The zero-order valence-corrected chi connectivity index (χ0v) is 12.5. The van der Waals surface area contributed by atoms with Gasteiger partial charge in [0.05, 0.1) is 24.9 Å². The Morgan fingerprint density at radius 2 is 2.14 bits per heavy atom. The van der Waals surface area contributed by atoms with Gasteiger partial charge in [0, 0.05) is 24.5 Å². The van der Waals surface area contributed by atoms with E-state index in [4.69, 9.17) is 10.5 Å². The molecule has 0 bridgehead atoms. The summed E-state index contributed by atoms with van der Waals surface area (Å²) in [6.07, 6.45) is -0.252. The fraction of sp³-hybridized carbons (Fsp3) is 0.533. The fourth-order valence-electron chi connectivity index (χ4n) is 2.60. The SMILES string of the molecule is CC1(C)CN(CC(=O)Nc2ccc(N)cc2)CC(CO)O1. The Bertz CT molecular complexity index is 487. The maximum atomic E-state index is 12.1. The average Bonchev–Trinajstić information content (AvgIpc) is 2.39. The number of carbonyl (C=O) groups excluding carboxylic acids is 1. The molecule has 1 fully saturated rings. The quantitative estimate of drug-likeness (QED) is 0.711. The number of hydrogen-bond donors (Lipinski definition) is 3. The van der Waals surface area contributed by atoms with Crippen molar-refractivity contribution >= 4 is 17.3 Å². The number of amides is 1. The van der Waals surface area contributed by atoms with Crippen molar-refractivity contribution < 1.29 is 14.6 Å². The normalized spacial score (nSPS) is 22.0. The van der Waals surface area contributed by atoms with Gasteiger partial charge in [0.15, 0.2) is 0 Å². The fourth-order valence-corrected chi connectivity index (χ4v) is 2.60. The summed E-state index contributed by atoms with van der Waals surface area (Å²) in [4.78, 5) is 14.1. The number of nitrogens with one attached hydrogen (secondary N) is 1. The number of aliphatic hydroxyl groups excluding tert-OH is 1. The summed E-state index contributed by atoms with van der Waals surface area (Å²) in [5.74, 6) is -0.0887. The highest BCUT2D eigenvalue weighted by atomic mass is 16.5. The third kappa shape index (κ3) is 4.70. The molecular weight excluding hydrogens is 270 g/mol. The van der Waals surface area contributed by atoms with E-state index in [1.165, 1.54) is 0 Å². The molecule has 0 aromatic heterocycles. The topological polar surface area (TPSA) is 87.8 Å². The van der Waals surface area contributed by atoms with E-state index in [1.807, 2.05) is 18.7 Å². The standard InChI is InChI=1S/C15H23N3O3/c1-15(2)10-18(7-13(9-19)21-15)8-14(20)17-12-5-3-11(16)4-6-12/h3-6,13,19H,7-10,16H2,1-2H3,(H,17,20). The van der Waals surface area contributed by atoms with Crippen LogP contribution in [0, 0.1) is 0 Å². The second-order valence-electron chi connectivity index (χ2n) is 6.02. The maximum Gasteiger partial charge on any atom is 0.238 e. The van der Waals surface area contributed by atoms with Crippen molar-refractivity contribution in [2.75, 3.05) is 37.3 Å². The summed E-state index contributed by atoms with van der Waals surface area (Å²) >= 11 is 0. The number of nitrogens with zero attached hydrogens (tertiary/aromatic N) is 1. The third-order valence-electron chi connectivity index (χ3n) is 3.32. The zero-order chi connectivity index (χ0) is 15.5. The van der Waals surface area contributed by atoms with Crippen LogP contribution in [0.1, 0.15) is 13.8 Å². The first-order valence-electron chi connectivity index (χ1n) is 7.04. The molecule has 2 rings (SSSR count). The number of rotatable bonds is 4. The first kappa shape index (κ1) is 15.8. The van der Waals surface area contributed by atoms with E-state index >= 15 is 0 Å². The Morgan fingerprint density at radius 1 is 1.48 bits per heavy atom. The molecular formula is C15H23N3O3. The van der Waals surface area contributed by atoms with Gasteiger partial charge in [-0.2, -0.15) is 0 Å². The van der Waals surface area contributed by atoms with Crippen molar-refractivity contribution in [2.45, 2.75) is 25.6 Å². The van der Waals surface area contributed by atoms with Crippen molar-refractivity contribution in [1.29, 1.82) is 0 Å². The lowest BCUT2D eigenvalue weighted by atomic mass is 10.1. The van der Waals surface area contributed by atoms with E-state index in [0.29, 0.717) is 18.8 Å². The van der Waals surface area contributed by atoms with Crippen LogP contribution in [0.3, 0.4) is 0 Å². The Kier molecular flexibility index (Phi) is 4.82. The van der Waals surface area contributed by atoms with Crippen LogP contribution in [0.4, 0.5) is 11.4 Å². The average molecular weight is 293 g/mol. The van der Waals surface area contributed by atoms with Crippen molar-refractivity contribution in [2.24, 2.45) is 0 Å². The highest BCUT2D eigenvalue weighted by Gasteiger charge is 2.33. The molecule has 0 aliphatic carbocycles. The van der Waals surface area contributed by atoms with Gasteiger partial charge in [0.2, 0.25) is 5.91 Å². The van der Waals surface area contributed by atoms with Crippen LogP contribution in [0.5, 0.6) is 0 Å². The van der Waals surface area contributed by atoms with E-state index in [2.05, 4.69) is 5.32 Å². The van der Waals surface area contributed by atoms with E-state index in [0.717, 1.165) is 5.69 Å². The van der Waals surface area contributed by atoms with Gasteiger partial charge in [-0.3, -0.25) is 9.69 Å². The minimum atomic E-state index is -0.368. The Morgan fingerprint density at radius 3 is 2.76 bits per heavy atom. The number of hydrogen-bond acceptors (Lipinski definition) is 5. The molecule has 0 radical (unpaired) electrons. The molecule has 1 unspecified atom stereocenters. The van der Waals surface area contributed by atoms with E-state index in [-0.39, 0.29) is 30.8 Å². The molecule has 1 aliphatic rings. The Labute approximate surface area is 124 Å². The summed E-state index contributed by atoms with van der Waals surface area (Å²) in [6.45, 7) is 5.35. The van der Waals surface area contributed by atoms with Crippen LogP contribution in [0.2, 0.25) is 0 Å². The summed E-state index contributed by atoms with van der Waals surface area (Å²) in [6, 6.07) is 7.03. The minimum Gasteiger partial charge on any atom is -0.399 e. The molecule has 1 amide bonds. The zero-order valence-electron chi connectivity index (χ0n) is 12.5. The van der Waals surface area contributed by atoms with Crippen LogP contribution in [0.15, 0.2) is 24.3 Å². The van der Waals surface area contributed by atoms with Crippen LogP contribution in [-0.4, -0.2) is 53.9 Å². The van der Waals surface area contributed by atoms with Gasteiger partial charge in [-0.15, -0.1) is 0 Å². The van der Waals surface area contributed by atoms with Gasteiger partial charge >= 0.3 is 0 Å². The number of morpholine rings is 1. The van der Waals surface area contributed by atoms with Crippen molar-refractivity contribution in [1.82, 2.24) is 4.90 Å². The number of carbonyl (C=O) groups is 1. The first-order chi connectivity index (χ1) is 9.88. The van der Waals surface area contributed by atoms with Gasteiger partial charge < -0.3 is 20.9 Å². The van der Waals surface area contributed by atoms with Crippen LogP contribution in [0.25, 0.3) is 0 Å². The summed E-state index contributed by atoms with van der Waals surface area (Å²) in [5.41, 5.74) is 6.62. The smallest absolute Gasteiger partial charge is 0.238 e. The van der Waals surface area contributed by atoms with E-state index in [1.54, 1.807) is 24.3 Å². The minimum absolute atomic E-state index is 0.0422. The molecule has 1 saturated heterocycles. The van der Waals surface area contributed by atoms with Gasteiger partial charge in [0.1, 0.15) is 0 Å². The van der Waals surface area contributed by atoms with Crippen LogP contribution < -0.4 is 11.1 Å². The van der Waals surface area contributed by atoms with Crippen molar-refractivity contribution in [3.8, 4) is 0 Å². The number of nitrogens with two attached hydrogens (primary N) is 1. The maximum absolute atomic E-state index is 12.1. The molecule has 1 heterocycles. The molecule has 1 aromatic rings. The highest BCUT2D eigenvalue weighted by Crippen LogP contribution is 2.20. The first-order valence-corrected chi connectivity index (χ1v) is 7.04. The van der Waals surface area contributed by atoms with Crippen molar-refractivity contribution in [3.63, 3.8) is 0 Å². The second-order valence-corrected chi connectivity index (χ2v) is 6.02. The lowest BCUT2D eigenvalue weighted by molar-refractivity contribution is -0.151. The van der Waals surface area contributed by atoms with E-state index in [9.17, 15) is 9.90 Å². The number of aliphatic hydroxyl groups is 1. The molecule has 0 spiro atoms. The molecule has 6 heteroatoms. The van der Waals surface area contributed by atoms with Gasteiger partial charge in [-0.25, -0.2) is 0 Å². The molecule has 21 heavy (non-hydrogen) atoms. The third-order valence-corrected chi connectivity index (χ3v) is 3.32. The number of anilines is 2. The molecule has 1 atom stereocenters. The Balaban J connectivity index is 1.91. The molecule has 4 N–H and O–H groups in total. The largest absolute Gasteiger partial charge is 0.399 e. The number of ether oxygens (including phenoxy) is 1. The summed E-state index contributed by atoms with van der Waals surface area (Å²) in [5, 5.41) is 12.1. The molecule has 6 nitrogen and oxygen atoms in total. The second kappa shape index (κ2) is 6.43. The molecule has 1 aliphatic heterocycles. The molecule has 116 valence electrons. The lowest BCUT2D eigenvalue weighted by Crippen LogP contribution is -2.55. The van der Waals surface area contributed by atoms with Crippen molar-refractivity contribution in [3.05, 3.63) is 24.3 Å². The van der Waals surface area contributed by atoms with Gasteiger partial charge in [0.25, 0.3) is 0 Å². The predicted molar refractivity (Wildman–Crippen MR) is 82.0 cm³/mol. The molecule has 1 aromatic carbocycles. The van der Waals surface area contributed by atoms with Gasteiger partial charge in [-0.1, -0.05) is 0 Å². The monoisotopic (exact) mass is 293 g/mol. The van der Waals surface area contributed by atoms with Crippen LogP contribution >= 0.6 is 0 Å². The van der Waals surface area contributed by atoms with Crippen LogP contribution in [-0.2, 0) is 9.53 Å². The number of benzene rings is 1. The summed E-state index contributed by atoms with van der Waals surface area (Å²) in [7, 11) is 0. The number of nitrogen functional groups attached to an aromatic ring is 1. The highest BCUT2D eigenvalue weighted by molar-refractivity contribution is 5.92. The Hall–Kier alpha value is -1.63. The predicted octanol–water partition coefficient (Wildman–Crippen LogP) is 0.679. The molecule has 0 saturated carbocycles. The van der Waals surface area contributed by atoms with Gasteiger partial charge in [-0.05, 0) is 38.1 Å².